The summed E-state index contributed by atoms with van der Waals surface area (Å²) < 4.78 is 36.0. The van der Waals surface area contributed by atoms with Crippen molar-refractivity contribution in [3.8, 4) is 16.4 Å². The highest BCUT2D eigenvalue weighted by atomic mass is 35.5. The summed E-state index contributed by atoms with van der Waals surface area (Å²) in [4.78, 5) is 21.6. The van der Waals surface area contributed by atoms with Crippen molar-refractivity contribution < 1.29 is 17.9 Å². The fourth-order valence-electron chi connectivity index (χ4n) is 4.14. The second kappa shape index (κ2) is 10.9. The topological polar surface area (TPSA) is 94.4 Å². The number of anilines is 1. The van der Waals surface area contributed by atoms with E-state index in [1.54, 1.807) is 51.4 Å². The number of benzene rings is 2. The van der Waals surface area contributed by atoms with Gasteiger partial charge < -0.3 is 9.30 Å². The van der Waals surface area contributed by atoms with Crippen molar-refractivity contribution in [3.63, 3.8) is 0 Å². The molecule has 0 aliphatic heterocycles. The van der Waals surface area contributed by atoms with Crippen LogP contribution >= 0.6 is 34.5 Å². The number of hydrogen-bond donors (Lipinski definition) is 0. The van der Waals surface area contributed by atoms with E-state index in [2.05, 4.69) is 9.97 Å². The minimum Gasteiger partial charge on any atom is -0.459 e. The van der Waals surface area contributed by atoms with Gasteiger partial charge in [0.05, 0.1) is 16.1 Å². The maximum absolute atomic E-state index is 13.8. The van der Waals surface area contributed by atoms with Crippen LogP contribution in [-0.2, 0) is 19.6 Å². The van der Waals surface area contributed by atoms with Gasteiger partial charge >= 0.3 is 5.97 Å². The van der Waals surface area contributed by atoms with Crippen molar-refractivity contribution in [2.45, 2.75) is 31.3 Å². The third-order valence-corrected chi connectivity index (χ3v) is 8.76. The Morgan fingerprint density at radius 2 is 1.75 bits per heavy atom. The SMILES string of the molecule is CC(C)(C)OC(=O)CN(c1ccc2c(ccn2-c2cc(-c3nccs3)ccn2)c1)S(=O)(=O)c1cc(Cl)cc(Cl)c1. The lowest BCUT2D eigenvalue weighted by molar-refractivity contribution is -0.152. The first-order valence-corrected chi connectivity index (χ1v) is 15.2. The summed E-state index contributed by atoms with van der Waals surface area (Å²) >= 11 is 13.8. The number of aromatic nitrogens is 3. The van der Waals surface area contributed by atoms with E-state index >= 15 is 0 Å². The minimum atomic E-state index is -4.26. The van der Waals surface area contributed by atoms with Crippen LogP contribution in [0.5, 0.6) is 0 Å². The van der Waals surface area contributed by atoms with Gasteiger partial charge in [-0.05, 0) is 75.4 Å². The van der Waals surface area contributed by atoms with Gasteiger partial charge in [-0.15, -0.1) is 11.3 Å². The fourth-order valence-corrected chi connectivity index (χ4v) is 6.91. The zero-order chi connectivity index (χ0) is 28.7. The molecule has 0 atom stereocenters. The molecule has 0 N–H and O–H groups in total. The van der Waals surface area contributed by atoms with Crippen molar-refractivity contribution in [2.75, 3.05) is 10.8 Å². The highest BCUT2D eigenvalue weighted by Gasteiger charge is 2.30. The average Bonchev–Trinajstić information content (AvgIpc) is 3.56. The molecule has 0 unspecified atom stereocenters. The molecule has 3 aromatic heterocycles. The zero-order valence-electron chi connectivity index (χ0n) is 21.7. The van der Waals surface area contributed by atoms with Crippen LogP contribution < -0.4 is 4.31 Å². The Bertz CT molecular complexity index is 1790. The molecule has 0 amide bonds. The number of carbonyl (C=O) groups is 1. The Morgan fingerprint density at radius 1 is 1.00 bits per heavy atom. The van der Waals surface area contributed by atoms with E-state index in [0.29, 0.717) is 5.82 Å². The first-order valence-electron chi connectivity index (χ1n) is 12.1. The molecule has 0 spiro atoms. The first kappa shape index (κ1) is 28.1. The third-order valence-electron chi connectivity index (χ3n) is 5.75. The van der Waals surface area contributed by atoms with Crippen LogP contribution in [0, 0.1) is 0 Å². The number of carbonyl (C=O) groups excluding carboxylic acids is 1. The second-order valence-corrected chi connectivity index (χ2v) is 13.5. The molecule has 5 rings (SSSR count). The molecule has 0 aliphatic rings. The van der Waals surface area contributed by atoms with Gasteiger partial charge in [-0.25, -0.2) is 18.4 Å². The predicted molar refractivity (Wildman–Crippen MR) is 159 cm³/mol. The van der Waals surface area contributed by atoms with E-state index in [9.17, 15) is 13.2 Å². The number of rotatable bonds is 7. The van der Waals surface area contributed by atoms with Gasteiger partial charge in [0, 0.05) is 45.0 Å². The molecule has 206 valence electrons. The van der Waals surface area contributed by atoms with Crippen molar-refractivity contribution >= 4 is 67.1 Å². The second-order valence-electron chi connectivity index (χ2n) is 9.87. The van der Waals surface area contributed by atoms with Crippen LogP contribution in [0.15, 0.2) is 83.5 Å². The van der Waals surface area contributed by atoms with Crippen LogP contribution in [0.1, 0.15) is 20.8 Å². The molecule has 12 heteroatoms. The normalized spacial score (nSPS) is 12.0. The van der Waals surface area contributed by atoms with E-state index in [1.165, 1.54) is 29.5 Å². The van der Waals surface area contributed by atoms with E-state index in [-0.39, 0.29) is 20.6 Å². The molecule has 0 saturated heterocycles. The molecule has 0 bridgehead atoms. The molecule has 0 aliphatic carbocycles. The Kier molecular flexibility index (Phi) is 7.62. The summed E-state index contributed by atoms with van der Waals surface area (Å²) in [6, 6.07) is 14.8. The summed E-state index contributed by atoms with van der Waals surface area (Å²) in [6.45, 7) is 4.60. The van der Waals surface area contributed by atoms with Crippen molar-refractivity contribution in [3.05, 3.63) is 88.6 Å². The molecule has 5 aromatic rings. The number of ether oxygens (including phenoxy) is 1. The monoisotopic (exact) mass is 614 g/mol. The van der Waals surface area contributed by atoms with E-state index in [1.807, 2.05) is 34.3 Å². The number of hydrogen-bond acceptors (Lipinski definition) is 7. The quantitative estimate of drug-likeness (QED) is 0.183. The molecule has 0 saturated carbocycles. The van der Waals surface area contributed by atoms with Gasteiger partial charge in [0.2, 0.25) is 0 Å². The van der Waals surface area contributed by atoms with E-state index in [4.69, 9.17) is 27.9 Å². The number of thiazole rings is 1. The van der Waals surface area contributed by atoms with Crippen molar-refractivity contribution in [2.24, 2.45) is 0 Å². The standard InChI is InChI=1S/C28H24Cl2N4O4S2/c1-28(2,3)38-26(35)17-34(40(36,37)23-15-20(29)14-21(30)16-23)22-4-5-24-18(12-22)7-10-33(24)25-13-19(6-8-31-25)27-32-9-11-39-27/h4-16H,17H2,1-3H3. The van der Waals surface area contributed by atoms with Crippen LogP contribution in [0.3, 0.4) is 0 Å². The first-order chi connectivity index (χ1) is 18.9. The van der Waals surface area contributed by atoms with Crippen molar-refractivity contribution in [1.29, 1.82) is 0 Å². The summed E-state index contributed by atoms with van der Waals surface area (Å²) in [7, 11) is -4.26. The lowest BCUT2D eigenvalue weighted by atomic mass is 10.2. The summed E-state index contributed by atoms with van der Waals surface area (Å²) in [5.41, 5.74) is 1.21. The van der Waals surface area contributed by atoms with Gasteiger partial charge in [-0.2, -0.15) is 0 Å². The third kappa shape index (κ3) is 6.00. The largest absolute Gasteiger partial charge is 0.459 e. The summed E-state index contributed by atoms with van der Waals surface area (Å²) in [5.74, 6) is -0.0210. The number of nitrogens with zero attached hydrogens (tertiary/aromatic N) is 4. The molecular formula is C28H24Cl2N4O4S2. The number of fused-ring (bicyclic) bond motifs is 1. The molecule has 0 fully saturated rings. The summed E-state index contributed by atoms with van der Waals surface area (Å²) in [6.07, 6.45) is 5.32. The van der Waals surface area contributed by atoms with E-state index in [0.717, 1.165) is 25.8 Å². The highest BCUT2D eigenvalue weighted by Crippen LogP contribution is 2.32. The smallest absolute Gasteiger partial charge is 0.327 e. The molecule has 2 aromatic carbocycles. The van der Waals surface area contributed by atoms with Crippen LogP contribution in [0.2, 0.25) is 10.0 Å². The number of pyridine rings is 1. The molecule has 40 heavy (non-hydrogen) atoms. The fraction of sp³-hybridized carbons (Fsp3) is 0.179. The minimum absolute atomic E-state index is 0.144. The lowest BCUT2D eigenvalue weighted by Crippen LogP contribution is -2.39. The highest BCUT2D eigenvalue weighted by molar-refractivity contribution is 7.92. The van der Waals surface area contributed by atoms with Gasteiger partial charge in [0.1, 0.15) is 23.0 Å². The zero-order valence-corrected chi connectivity index (χ0v) is 24.9. The van der Waals surface area contributed by atoms with Gasteiger partial charge in [0.15, 0.2) is 0 Å². The predicted octanol–water partition coefficient (Wildman–Crippen LogP) is 6.99. The van der Waals surface area contributed by atoms with Crippen LogP contribution in [-0.4, -0.2) is 41.1 Å². The maximum atomic E-state index is 13.8. The van der Waals surface area contributed by atoms with Gasteiger partial charge in [-0.1, -0.05) is 23.2 Å². The summed E-state index contributed by atoms with van der Waals surface area (Å²) in [5, 5.41) is 3.85. The van der Waals surface area contributed by atoms with Crippen LogP contribution in [0.25, 0.3) is 27.3 Å². The molecule has 8 nitrogen and oxygen atoms in total. The van der Waals surface area contributed by atoms with Crippen molar-refractivity contribution in [1.82, 2.24) is 14.5 Å². The lowest BCUT2D eigenvalue weighted by Gasteiger charge is -2.26. The Labute approximate surface area is 245 Å². The number of sulfonamides is 1. The van der Waals surface area contributed by atoms with Gasteiger partial charge in [0.25, 0.3) is 10.0 Å². The Balaban J connectivity index is 1.57. The van der Waals surface area contributed by atoms with Gasteiger partial charge in [-0.3, -0.25) is 9.10 Å². The maximum Gasteiger partial charge on any atom is 0.327 e. The molecular weight excluding hydrogens is 591 g/mol. The van der Waals surface area contributed by atoms with Crippen LogP contribution in [0.4, 0.5) is 5.69 Å². The average molecular weight is 616 g/mol. The number of esters is 1. The Hall–Kier alpha value is -3.44. The molecule has 0 radical (unpaired) electrons. The number of halogens is 2. The van der Waals surface area contributed by atoms with E-state index < -0.39 is 28.1 Å². The molecule has 3 heterocycles. The Morgan fingerprint density at radius 3 is 2.42 bits per heavy atom.